The summed E-state index contributed by atoms with van der Waals surface area (Å²) in [5.41, 5.74) is -0.126. The third kappa shape index (κ3) is 4.85. The monoisotopic (exact) mass is 477 g/mol. The zero-order valence-electron chi connectivity index (χ0n) is 18.6. The molecule has 12 heteroatoms. The fourth-order valence-corrected chi connectivity index (χ4v) is 4.08. The lowest BCUT2D eigenvalue weighted by Gasteiger charge is -2.40. The quantitative estimate of drug-likeness (QED) is 0.562. The van der Waals surface area contributed by atoms with Crippen LogP contribution in [0.5, 0.6) is 0 Å². The molecule has 1 saturated heterocycles. The number of carbonyl (C=O) groups excluding carboxylic acids is 1. The molecule has 0 bridgehead atoms. The van der Waals surface area contributed by atoms with Crippen molar-refractivity contribution in [3.8, 4) is 5.69 Å². The van der Waals surface area contributed by atoms with Crippen LogP contribution < -0.4 is 5.32 Å². The summed E-state index contributed by atoms with van der Waals surface area (Å²) in [4.78, 5) is 24.0. The summed E-state index contributed by atoms with van der Waals surface area (Å²) in [6.45, 7) is 4.30. The van der Waals surface area contributed by atoms with E-state index in [1.54, 1.807) is 11.8 Å². The lowest BCUT2D eigenvalue weighted by Crippen LogP contribution is -2.51. The summed E-state index contributed by atoms with van der Waals surface area (Å²) < 4.78 is 52.6. The van der Waals surface area contributed by atoms with Gasteiger partial charge in [0.15, 0.2) is 0 Å². The Morgan fingerprint density at radius 2 is 1.85 bits per heavy atom. The molecular formula is C22H23F4N7O. The first-order valence-electron chi connectivity index (χ1n) is 10.8. The third-order valence-corrected chi connectivity index (χ3v) is 5.97. The third-order valence-electron chi connectivity index (χ3n) is 5.97. The molecule has 2 atom stereocenters. The maximum absolute atomic E-state index is 14.3. The fraction of sp³-hybridized carbons (Fsp3) is 0.409. The molecule has 0 saturated carbocycles. The van der Waals surface area contributed by atoms with E-state index in [9.17, 15) is 22.4 Å². The zero-order valence-corrected chi connectivity index (χ0v) is 18.6. The number of hydrogen-bond donors (Lipinski definition) is 1. The maximum Gasteiger partial charge on any atom is 0.419 e. The van der Waals surface area contributed by atoms with Crippen LogP contribution in [0.1, 0.15) is 41.3 Å². The number of amides is 1. The van der Waals surface area contributed by atoms with Gasteiger partial charge in [0.05, 0.1) is 29.6 Å². The molecule has 1 amide bonds. The van der Waals surface area contributed by atoms with E-state index in [1.807, 2.05) is 6.92 Å². The topological polar surface area (TPSA) is 88.8 Å². The van der Waals surface area contributed by atoms with Gasteiger partial charge in [-0.1, -0.05) is 6.92 Å². The van der Waals surface area contributed by atoms with Crippen LogP contribution in [-0.4, -0.2) is 54.9 Å². The van der Waals surface area contributed by atoms with Crippen LogP contribution in [0, 0.1) is 18.7 Å². The number of nitrogens with zero attached hydrogens (tertiary/aromatic N) is 6. The van der Waals surface area contributed by atoms with Gasteiger partial charge >= 0.3 is 6.18 Å². The van der Waals surface area contributed by atoms with Crippen LogP contribution >= 0.6 is 0 Å². The van der Waals surface area contributed by atoms with Crippen molar-refractivity contribution in [2.24, 2.45) is 5.92 Å². The summed E-state index contributed by atoms with van der Waals surface area (Å²) in [5.74, 6) is -0.639. The number of likely N-dealkylation sites (tertiary alicyclic amines) is 1. The molecule has 4 rings (SSSR count). The molecule has 0 radical (unpaired) electrons. The van der Waals surface area contributed by atoms with Crippen molar-refractivity contribution in [2.45, 2.75) is 38.9 Å². The number of aryl methyl sites for hydroxylation is 1. The van der Waals surface area contributed by atoms with Crippen molar-refractivity contribution in [3.63, 3.8) is 0 Å². The van der Waals surface area contributed by atoms with E-state index in [-0.39, 0.29) is 41.6 Å². The van der Waals surface area contributed by atoms with Crippen molar-refractivity contribution in [1.29, 1.82) is 0 Å². The number of carbonyl (C=O) groups is 1. The first-order chi connectivity index (χ1) is 16.1. The van der Waals surface area contributed by atoms with Crippen molar-refractivity contribution >= 4 is 11.9 Å². The van der Waals surface area contributed by atoms with Crippen LogP contribution in [0.4, 0.5) is 23.5 Å². The first-order valence-corrected chi connectivity index (χ1v) is 10.8. The van der Waals surface area contributed by atoms with Crippen LogP contribution in [0.15, 0.2) is 36.9 Å². The Kier molecular flexibility index (Phi) is 6.49. The Hall–Kier alpha value is -3.57. The number of nitrogens with one attached hydrogen (secondary N) is 1. The van der Waals surface area contributed by atoms with E-state index in [4.69, 9.17) is 0 Å². The molecule has 3 heterocycles. The second-order valence-electron chi connectivity index (χ2n) is 8.30. The summed E-state index contributed by atoms with van der Waals surface area (Å²) >= 11 is 0. The van der Waals surface area contributed by atoms with Gasteiger partial charge in [0.2, 0.25) is 5.95 Å². The average Bonchev–Trinajstić information content (AvgIpc) is 3.34. The summed E-state index contributed by atoms with van der Waals surface area (Å²) in [5, 5.41) is 11.0. The van der Waals surface area contributed by atoms with Crippen molar-refractivity contribution < 1.29 is 22.4 Å². The van der Waals surface area contributed by atoms with Gasteiger partial charge in [-0.2, -0.15) is 28.2 Å². The molecule has 3 aromatic rings. The van der Waals surface area contributed by atoms with E-state index in [2.05, 4.69) is 25.5 Å². The molecule has 0 aliphatic carbocycles. The normalized spacial score (nSPS) is 18.7. The van der Waals surface area contributed by atoms with E-state index in [1.165, 1.54) is 29.3 Å². The highest BCUT2D eigenvalue weighted by molar-refractivity contribution is 5.98. The molecule has 8 nitrogen and oxygen atoms in total. The molecule has 1 aliphatic rings. The number of anilines is 1. The van der Waals surface area contributed by atoms with Crippen molar-refractivity contribution in [3.05, 3.63) is 59.4 Å². The van der Waals surface area contributed by atoms with E-state index < -0.39 is 17.6 Å². The van der Waals surface area contributed by atoms with E-state index >= 15 is 0 Å². The van der Waals surface area contributed by atoms with E-state index in [0.29, 0.717) is 24.5 Å². The van der Waals surface area contributed by atoms with Gasteiger partial charge in [-0.25, -0.2) is 14.4 Å². The molecule has 0 spiro atoms. The van der Waals surface area contributed by atoms with Crippen LogP contribution in [0.2, 0.25) is 0 Å². The standard InChI is InChI=1S/C22H23F4N7O/c1-13-4-3-7-32(19(13)12-29-21-27-10-15(11-28-21)22(24,25)26)20(34)16-8-14(2)17(23)9-18(16)33-30-5-6-31-33/h5-6,8-11,13,19H,3-4,7,12H2,1-2H3,(H,27,28,29)/t13-,19-/m1/s1. The Labute approximate surface area is 193 Å². The van der Waals surface area contributed by atoms with Crippen LogP contribution in [0.3, 0.4) is 0 Å². The number of halogens is 4. The molecule has 180 valence electrons. The number of alkyl halides is 3. The van der Waals surface area contributed by atoms with Gasteiger partial charge < -0.3 is 10.2 Å². The first kappa shape index (κ1) is 23.6. The largest absolute Gasteiger partial charge is 0.419 e. The summed E-state index contributed by atoms with van der Waals surface area (Å²) in [6, 6.07) is 2.44. The Morgan fingerprint density at radius 1 is 1.18 bits per heavy atom. The summed E-state index contributed by atoms with van der Waals surface area (Å²) in [7, 11) is 0. The Balaban J connectivity index is 1.58. The van der Waals surface area contributed by atoms with Gasteiger partial charge in [-0.15, -0.1) is 0 Å². The molecule has 1 N–H and O–H groups in total. The number of rotatable bonds is 5. The second-order valence-corrected chi connectivity index (χ2v) is 8.30. The lowest BCUT2D eigenvalue weighted by molar-refractivity contribution is -0.138. The fourth-order valence-electron chi connectivity index (χ4n) is 4.08. The molecule has 34 heavy (non-hydrogen) atoms. The molecule has 1 aromatic carbocycles. The smallest absolute Gasteiger partial charge is 0.352 e. The number of piperidine rings is 1. The average molecular weight is 477 g/mol. The highest BCUT2D eigenvalue weighted by atomic mass is 19.4. The predicted molar refractivity (Wildman–Crippen MR) is 115 cm³/mol. The van der Waals surface area contributed by atoms with Gasteiger partial charge in [0.25, 0.3) is 5.91 Å². The number of aromatic nitrogens is 5. The molecule has 2 aromatic heterocycles. The number of hydrogen-bond acceptors (Lipinski definition) is 6. The Bertz CT molecular complexity index is 1150. The molecule has 1 aliphatic heterocycles. The van der Waals surface area contributed by atoms with Gasteiger partial charge in [0.1, 0.15) is 11.5 Å². The molecule has 1 fully saturated rings. The number of benzene rings is 1. The predicted octanol–water partition coefficient (Wildman–Crippen LogP) is 3.88. The minimum Gasteiger partial charge on any atom is -0.352 e. The summed E-state index contributed by atoms with van der Waals surface area (Å²) in [6.07, 6.45) is 1.45. The molecular weight excluding hydrogens is 454 g/mol. The van der Waals surface area contributed by atoms with Gasteiger partial charge in [-0.3, -0.25) is 4.79 Å². The SMILES string of the molecule is Cc1cc(C(=O)N2CCC[C@@H](C)[C@H]2CNc2ncc(C(F)(F)F)cn2)c(-n2nccn2)cc1F. The zero-order chi connectivity index (χ0) is 24.5. The van der Waals surface area contributed by atoms with Crippen LogP contribution in [0.25, 0.3) is 5.69 Å². The highest BCUT2D eigenvalue weighted by Gasteiger charge is 2.34. The minimum absolute atomic E-state index is 0.0391. The van der Waals surface area contributed by atoms with Crippen molar-refractivity contribution in [2.75, 3.05) is 18.4 Å². The second kappa shape index (κ2) is 9.35. The van der Waals surface area contributed by atoms with Crippen LogP contribution in [-0.2, 0) is 6.18 Å². The Morgan fingerprint density at radius 3 is 2.50 bits per heavy atom. The van der Waals surface area contributed by atoms with Crippen molar-refractivity contribution in [1.82, 2.24) is 29.9 Å². The van der Waals surface area contributed by atoms with Gasteiger partial charge in [0, 0.05) is 31.5 Å². The highest BCUT2D eigenvalue weighted by Crippen LogP contribution is 2.29. The lowest BCUT2D eigenvalue weighted by atomic mass is 9.90. The van der Waals surface area contributed by atoms with Gasteiger partial charge in [-0.05, 0) is 37.3 Å². The van der Waals surface area contributed by atoms with E-state index in [0.717, 1.165) is 12.8 Å². The minimum atomic E-state index is -4.52. The molecule has 0 unspecified atom stereocenters. The maximum atomic E-state index is 14.3.